The van der Waals surface area contributed by atoms with Crippen LogP contribution in [0, 0.1) is 0 Å². The third-order valence-electron chi connectivity index (χ3n) is 6.83. The number of carbonyl (C=O) groups excluding carboxylic acids is 3. The van der Waals surface area contributed by atoms with Crippen LogP contribution in [0.15, 0.2) is 54.6 Å². The third kappa shape index (κ3) is 7.42. The fourth-order valence-electron chi connectivity index (χ4n) is 4.56. The van der Waals surface area contributed by atoms with Gasteiger partial charge < -0.3 is 15.5 Å². The summed E-state index contributed by atoms with van der Waals surface area (Å²) < 4.78 is 80.9. The molecule has 3 aromatic rings. The quantitative estimate of drug-likeness (QED) is 0.284. The molecule has 3 amide bonds. The smallest absolute Gasteiger partial charge is 0.354 e. The van der Waals surface area contributed by atoms with Gasteiger partial charge in [0.2, 0.25) is 5.91 Å². The molecule has 0 aromatic heterocycles. The van der Waals surface area contributed by atoms with E-state index in [0.717, 1.165) is 18.4 Å². The molecule has 228 valence electrons. The Morgan fingerprint density at radius 3 is 2.12 bits per heavy atom. The number of alkyl halides is 6. The van der Waals surface area contributed by atoms with Crippen LogP contribution >= 0.6 is 23.2 Å². The van der Waals surface area contributed by atoms with Gasteiger partial charge >= 0.3 is 12.4 Å². The maximum absolute atomic E-state index is 13.5. The van der Waals surface area contributed by atoms with Gasteiger partial charge in [-0.25, -0.2) is 0 Å². The van der Waals surface area contributed by atoms with E-state index in [2.05, 4.69) is 10.6 Å². The van der Waals surface area contributed by atoms with Gasteiger partial charge in [0.05, 0.1) is 26.9 Å². The van der Waals surface area contributed by atoms with E-state index in [1.54, 1.807) is 0 Å². The highest BCUT2D eigenvalue weighted by Gasteiger charge is 2.38. The summed E-state index contributed by atoms with van der Waals surface area (Å²) in [5.74, 6) is -2.25. The maximum Gasteiger partial charge on any atom is 0.416 e. The SMILES string of the molecule is CN(C(=O)c1cc(C(F)(F)F)cc(C(F)(F)F)c1)c1cc(C(=O)N[C@@H]2CCCCNC2=O)ccc1-c1ccc(Cl)c(Cl)c1. The second-order valence-corrected chi connectivity index (χ2v) is 10.6. The van der Waals surface area contributed by atoms with Gasteiger partial charge in [-0.05, 0) is 67.3 Å². The topological polar surface area (TPSA) is 78.5 Å². The van der Waals surface area contributed by atoms with Crippen LogP contribution in [0.1, 0.15) is 51.1 Å². The van der Waals surface area contributed by atoms with Gasteiger partial charge in [0, 0.05) is 30.3 Å². The summed E-state index contributed by atoms with van der Waals surface area (Å²) in [6.45, 7) is 0.464. The largest absolute Gasteiger partial charge is 0.416 e. The summed E-state index contributed by atoms with van der Waals surface area (Å²) in [4.78, 5) is 39.8. The third-order valence-corrected chi connectivity index (χ3v) is 7.57. The molecule has 0 saturated carbocycles. The minimum atomic E-state index is -5.16. The number of hydrogen-bond acceptors (Lipinski definition) is 3. The van der Waals surface area contributed by atoms with Crippen molar-refractivity contribution in [3.63, 3.8) is 0 Å². The number of amides is 3. The van der Waals surface area contributed by atoms with E-state index in [0.29, 0.717) is 37.1 Å². The molecule has 0 spiro atoms. The van der Waals surface area contributed by atoms with E-state index in [4.69, 9.17) is 23.2 Å². The van der Waals surface area contributed by atoms with E-state index in [1.807, 2.05) is 0 Å². The summed E-state index contributed by atoms with van der Waals surface area (Å²) >= 11 is 12.2. The fourth-order valence-corrected chi connectivity index (χ4v) is 4.86. The maximum atomic E-state index is 13.5. The van der Waals surface area contributed by atoms with E-state index < -0.39 is 46.9 Å². The van der Waals surface area contributed by atoms with E-state index in [-0.39, 0.29) is 38.8 Å². The van der Waals surface area contributed by atoms with Crippen molar-refractivity contribution in [3.8, 4) is 11.1 Å². The van der Waals surface area contributed by atoms with Gasteiger partial charge in [-0.3, -0.25) is 14.4 Å². The zero-order valence-corrected chi connectivity index (χ0v) is 23.8. The normalized spacial score (nSPS) is 15.8. The number of nitrogens with zero attached hydrogens (tertiary/aromatic N) is 1. The van der Waals surface area contributed by atoms with Gasteiger partial charge in [0.15, 0.2) is 0 Å². The molecule has 1 aliphatic rings. The monoisotopic (exact) mass is 645 g/mol. The molecule has 3 aromatic carbocycles. The summed E-state index contributed by atoms with van der Waals surface area (Å²) in [6, 6.07) is 8.28. The van der Waals surface area contributed by atoms with Gasteiger partial charge in [-0.2, -0.15) is 26.3 Å². The number of hydrogen-bond donors (Lipinski definition) is 2. The number of nitrogens with one attached hydrogen (secondary N) is 2. The molecule has 4 rings (SSSR count). The Bertz CT molecular complexity index is 1540. The van der Waals surface area contributed by atoms with Crippen LogP contribution in [0.25, 0.3) is 11.1 Å². The molecule has 0 bridgehead atoms. The van der Waals surface area contributed by atoms with Crippen molar-refractivity contribution in [1.29, 1.82) is 0 Å². The molecule has 0 aliphatic carbocycles. The highest BCUT2D eigenvalue weighted by molar-refractivity contribution is 6.42. The van der Waals surface area contributed by atoms with E-state index in [1.165, 1.54) is 36.4 Å². The Morgan fingerprint density at radius 1 is 0.860 bits per heavy atom. The molecule has 1 saturated heterocycles. The number of carbonyl (C=O) groups is 3. The van der Waals surface area contributed by atoms with Crippen molar-refractivity contribution >= 4 is 46.6 Å². The molecule has 43 heavy (non-hydrogen) atoms. The van der Waals surface area contributed by atoms with Crippen LogP contribution in [-0.2, 0) is 17.1 Å². The van der Waals surface area contributed by atoms with Gasteiger partial charge in [-0.15, -0.1) is 0 Å². The molecule has 0 radical (unpaired) electrons. The van der Waals surface area contributed by atoms with Crippen molar-refractivity contribution < 1.29 is 40.7 Å². The first-order valence-electron chi connectivity index (χ1n) is 12.8. The van der Waals surface area contributed by atoms with Crippen LogP contribution in [-0.4, -0.2) is 37.4 Å². The average molecular weight is 646 g/mol. The molecule has 1 atom stereocenters. The molecule has 0 unspecified atom stereocenters. The lowest BCUT2D eigenvalue weighted by Gasteiger charge is -2.24. The lowest BCUT2D eigenvalue weighted by molar-refractivity contribution is -0.143. The highest BCUT2D eigenvalue weighted by Crippen LogP contribution is 2.38. The molecule has 1 heterocycles. The molecular weight excluding hydrogens is 623 g/mol. The van der Waals surface area contributed by atoms with Crippen LogP contribution < -0.4 is 15.5 Å². The Balaban J connectivity index is 1.80. The van der Waals surface area contributed by atoms with Crippen molar-refractivity contribution in [3.05, 3.63) is 86.9 Å². The summed E-state index contributed by atoms with van der Waals surface area (Å²) in [6.07, 6.45) is -8.52. The van der Waals surface area contributed by atoms with E-state index in [9.17, 15) is 40.7 Å². The first-order chi connectivity index (χ1) is 20.1. The standard InChI is InChI=1S/C29H23Cl2F6N3O3/c1-40(27(43)17-10-18(28(32,33)34)14-19(11-17)29(35,36)37)24-13-16(25(41)39-23-4-2-3-9-38-26(23)42)5-7-20(24)15-6-8-21(30)22(31)12-15/h5-8,10-14,23H,2-4,9H2,1H3,(H,38,42)(H,39,41)/t23-/m1/s1. The van der Waals surface area contributed by atoms with Gasteiger partial charge in [0.1, 0.15) is 6.04 Å². The van der Waals surface area contributed by atoms with Gasteiger partial charge in [0.25, 0.3) is 11.8 Å². The lowest BCUT2D eigenvalue weighted by Crippen LogP contribution is -2.45. The first kappa shape index (κ1) is 32.2. The lowest BCUT2D eigenvalue weighted by atomic mass is 9.99. The van der Waals surface area contributed by atoms with Crippen LogP contribution in [0.4, 0.5) is 32.0 Å². The summed E-state index contributed by atoms with van der Waals surface area (Å²) in [5.41, 5.74) is -3.59. The minimum absolute atomic E-state index is 0.0180. The Morgan fingerprint density at radius 2 is 1.51 bits per heavy atom. The number of benzene rings is 3. The van der Waals surface area contributed by atoms with Crippen molar-refractivity contribution in [2.24, 2.45) is 0 Å². The summed E-state index contributed by atoms with van der Waals surface area (Å²) in [7, 11) is 1.15. The first-order valence-corrected chi connectivity index (χ1v) is 13.6. The van der Waals surface area contributed by atoms with E-state index >= 15 is 0 Å². The number of halogens is 8. The molecule has 1 aliphatic heterocycles. The number of anilines is 1. The number of rotatable bonds is 5. The van der Waals surface area contributed by atoms with Crippen molar-refractivity contribution in [2.75, 3.05) is 18.5 Å². The van der Waals surface area contributed by atoms with Crippen molar-refractivity contribution in [2.45, 2.75) is 37.7 Å². The fraction of sp³-hybridized carbons (Fsp3) is 0.276. The second-order valence-electron chi connectivity index (χ2n) is 9.83. The second kappa shape index (κ2) is 12.5. The molecular formula is C29H23Cl2F6N3O3. The summed E-state index contributed by atoms with van der Waals surface area (Å²) in [5, 5.41) is 5.67. The molecule has 14 heteroatoms. The zero-order valence-electron chi connectivity index (χ0n) is 22.3. The predicted molar refractivity (Wildman–Crippen MR) is 149 cm³/mol. The van der Waals surface area contributed by atoms with Gasteiger partial charge in [-0.1, -0.05) is 35.3 Å². The zero-order chi connectivity index (χ0) is 31.7. The molecule has 6 nitrogen and oxygen atoms in total. The Kier molecular flexibility index (Phi) is 9.31. The average Bonchev–Trinajstić information content (AvgIpc) is 3.15. The minimum Gasteiger partial charge on any atom is -0.354 e. The van der Waals surface area contributed by atoms with Crippen LogP contribution in [0.3, 0.4) is 0 Å². The highest BCUT2D eigenvalue weighted by atomic mass is 35.5. The molecule has 2 N–H and O–H groups in total. The Hall–Kier alpha value is -3.77. The van der Waals surface area contributed by atoms with Crippen molar-refractivity contribution in [1.82, 2.24) is 10.6 Å². The predicted octanol–water partition coefficient (Wildman–Crippen LogP) is 7.37. The van der Waals surface area contributed by atoms with Crippen LogP contribution in [0.2, 0.25) is 10.0 Å². The van der Waals surface area contributed by atoms with Crippen LogP contribution in [0.5, 0.6) is 0 Å². The Labute approximate surface area is 251 Å². The molecule has 1 fully saturated rings.